The molecule has 0 saturated carbocycles. The summed E-state index contributed by atoms with van der Waals surface area (Å²) in [6, 6.07) is 6.29. The zero-order valence-electron chi connectivity index (χ0n) is 13.4. The van der Waals surface area contributed by atoms with Crippen LogP contribution in [0.15, 0.2) is 18.2 Å². The average Bonchev–Trinajstić information content (AvgIpc) is 2.39. The molecule has 112 valence electrons. The Morgan fingerprint density at radius 1 is 1.20 bits per heavy atom. The number of anilines is 1. The molecular weight excluding hydrogens is 248 g/mol. The van der Waals surface area contributed by atoms with Gasteiger partial charge >= 0.3 is 0 Å². The lowest BCUT2D eigenvalue weighted by atomic mass is 10.0. The standard InChI is InChI=1S/C17H28N2O/c1-6-18-17(20)15-9-10-16(13(4)11-15)19-14(5)8-7-12(2)3/h9-12,14,19H,6-8H2,1-5H3,(H,18,20). The molecule has 3 nitrogen and oxygen atoms in total. The summed E-state index contributed by atoms with van der Waals surface area (Å²) in [6.45, 7) is 11.3. The molecule has 1 aromatic carbocycles. The van der Waals surface area contributed by atoms with Crippen molar-refractivity contribution in [1.82, 2.24) is 5.32 Å². The molecular formula is C17H28N2O. The maximum Gasteiger partial charge on any atom is 0.251 e. The molecule has 0 aromatic heterocycles. The summed E-state index contributed by atoms with van der Waals surface area (Å²) in [5.41, 5.74) is 2.96. The summed E-state index contributed by atoms with van der Waals surface area (Å²) >= 11 is 0. The molecule has 1 aromatic rings. The molecule has 1 rings (SSSR count). The van der Waals surface area contributed by atoms with Crippen molar-refractivity contribution < 1.29 is 4.79 Å². The number of rotatable bonds is 7. The van der Waals surface area contributed by atoms with Crippen LogP contribution in [0.1, 0.15) is 56.5 Å². The fourth-order valence-corrected chi connectivity index (χ4v) is 2.15. The van der Waals surface area contributed by atoms with Crippen molar-refractivity contribution in [2.75, 3.05) is 11.9 Å². The summed E-state index contributed by atoms with van der Waals surface area (Å²) in [5, 5.41) is 6.35. The predicted molar refractivity (Wildman–Crippen MR) is 86.3 cm³/mol. The molecule has 1 amide bonds. The number of carbonyl (C=O) groups excluding carboxylic acids is 1. The molecule has 0 bridgehead atoms. The van der Waals surface area contributed by atoms with Crippen molar-refractivity contribution in [2.45, 2.75) is 53.5 Å². The lowest BCUT2D eigenvalue weighted by Gasteiger charge is -2.18. The quantitative estimate of drug-likeness (QED) is 0.791. The van der Waals surface area contributed by atoms with Crippen LogP contribution in [0, 0.1) is 12.8 Å². The van der Waals surface area contributed by atoms with Gasteiger partial charge in [0.1, 0.15) is 0 Å². The first-order valence-electron chi connectivity index (χ1n) is 7.59. The van der Waals surface area contributed by atoms with E-state index in [0.29, 0.717) is 12.6 Å². The number of nitrogens with one attached hydrogen (secondary N) is 2. The van der Waals surface area contributed by atoms with Gasteiger partial charge in [-0.05, 0) is 63.3 Å². The third kappa shape index (κ3) is 5.24. The van der Waals surface area contributed by atoms with Crippen LogP contribution in [0.2, 0.25) is 0 Å². The molecule has 0 heterocycles. The number of hydrogen-bond donors (Lipinski definition) is 2. The smallest absolute Gasteiger partial charge is 0.251 e. The second kappa shape index (κ2) is 7.93. The highest BCUT2D eigenvalue weighted by Gasteiger charge is 2.09. The largest absolute Gasteiger partial charge is 0.382 e. The average molecular weight is 276 g/mol. The molecule has 0 radical (unpaired) electrons. The Morgan fingerprint density at radius 2 is 1.90 bits per heavy atom. The van der Waals surface area contributed by atoms with Gasteiger partial charge in [-0.2, -0.15) is 0 Å². The minimum atomic E-state index is -0.00462. The normalized spacial score (nSPS) is 12.3. The van der Waals surface area contributed by atoms with E-state index < -0.39 is 0 Å². The van der Waals surface area contributed by atoms with Crippen LogP contribution >= 0.6 is 0 Å². The van der Waals surface area contributed by atoms with Gasteiger partial charge in [0.25, 0.3) is 5.91 Å². The highest BCUT2D eigenvalue weighted by atomic mass is 16.1. The van der Waals surface area contributed by atoms with Gasteiger partial charge in [0.15, 0.2) is 0 Å². The van der Waals surface area contributed by atoms with Gasteiger partial charge in [-0.1, -0.05) is 13.8 Å². The van der Waals surface area contributed by atoms with E-state index in [1.165, 1.54) is 6.42 Å². The molecule has 0 fully saturated rings. The lowest BCUT2D eigenvalue weighted by molar-refractivity contribution is 0.0956. The van der Waals surface area contributed by atoms with E-state index >= 15 is 0 Å². The maximum absolute atomic E-state index is 11.8. The van der Waals surface area contributed by atoms with Gasteiger partial charge in [0.05, 0.1) is 0 Å². The summed E-state index contributed by atoms with van der Waals surface area (Å²) in [5.74, 6) is 0.732. The van der Waals surface area contributed by atoms with E-state index in [4.69, 9.17) is 0 Å². The number of benzene rings is 1. The van der Waals surface area contributed by atoms with E-state index in [0.717, 1.165) is 29.2 Å². The van der Waals surface area contributed by atoms with Crippen LogP contribution in [0.25, 0.3) is 0 Å². The Balaban J connectivity index is 2.66. The summed E-state index contributed by atoms with van der Waals surface area (Å²) < 4.78 is 0. The Kier molecular flexibility index (Phi) is 6.56. The van der Waals surface area contributed by atoms with Crippen LogP contribution in [0.3, 0.4) is 0 Å². The van der Waals surface area contributed by atoms with Crippen LogP contribution in [-0.2, 0) is 0 Å². The minimum Gasteiger partial charge on any atom is -0.382 e. The topological polar surface area (TPSA) is 41.1 Å². The van der Waals surface area contributed by atoms with Gasteiger partial charge in [-0.25, -0.2) is 0 Å². The highest BCUT2D eigenvalue weighted by molar-refractivity contribution is 5.94. The van der Waals surface area contributed by atoms with Gasteiger partial charge < -0.3 is 10.6 Å². The highest BCUT2D eigenvalue weighted by Crippen LogP contribution is 2.19. The Bertz CT molecular complexity index is 441. The van der Waals surface area contributed by atoms with E-state index in [2.05, 4.69) is 31.4 Å². The van der Waals surface area contributed by atoms with Gasteiger partial charge in [0, 0.05) is 23.8 Å². The third-order valence-electron chi connectivity index (χ3n) is 3.40. The van der Waals surface area contributed by atoms with Crippen LogP contribution in [0.4, 0.5) is 5.69 Å². The summed E-state index contributed by atoms with van der Waals surface area (Å²) in [4.78, 5) is 11.8. The SMILES string of the molecule is CCNC(=O)c1ccc(NC(C)CCC(C)C)c(C)c1. The number of aryl methyl sites for hydroxylation is 1. The number of amides is 1. The number of hydrogen-bond acceptors (Lipinski definition) is 2. The van der Waals surface area contributed by atoms with Crippen molar-refractivity contribution in [2.24, 2.45) is 5.92 Å². The monoisotopic (exact) mass is 276 g/mol. The molecule has 2 N–H and O–H groups in total. The van der Waals surface area contributed by atoms with E-state index in [1.54, 1.807) is 0 Å². The molecule has 3 heteroatoms. The van der Waals surface area contributed by atoms with Crippen molar-refractivity contribution in [3.8, 4) is 0 Å². The first-order valence-corrected chi connectivity index (χ1v) is 7.59. The predicted octanol–water partition coefficient (Wildman–Crippen LogP) is 3.98. The van der Waals surface area contributed by atoms with Crippen molar-refractivity contribution in [1.29, 1.82) is 0 Å². The molecule has 0 spiro atoms. The van der Waals surface area contributed by atoms with Crippen LogP contribution in [-0.4, -0.2) is 18.5 Å². The third-order valence-corrected chi connectivity index (χ3v) is 3.40. The Morgan fingerprint density at radius 3 is 2.45 bits per heavy atom. The van der Waals surface area contributed by atoms with Gasteiger partial charge in [0.2, 0.25) is 0 Å². The van der Waals surface area contributed by atoms with E-state index in [1.807, 2.05) is 32.0 Å². The van der Waals surface area contributed by atoms with Crippen molar-refractivity contribution in [3.05, 3.63) is 29.3 Å². The maximum atomic E-state index is 11.8. The Hall–Kier alpha value is -1.51. The minimum absolute atomic E-state index is 0.00462. The molecule has 0 aliphatic rings. The molecule has 0 aliphatic carbocycles. The Labute approximate surface area is 123 Å². The molecule has 20 heavy (non-hydrogen) atoms. The fraction of sp³-hybridized carbons (Fsp3) is 0.588. The molecule has 1 atom stereocenters. The van der Waals surface area contributed by atoms with Crippen LogP contribution in [0.5, 0.6) is 0 Å². The summed E-state index contributed by atoms with van der Waals surface area (Å²) in [6.07, 6.45) is 2.39. The van der Waals surface area contributed by atoms with Gasteiger partial charge in [-0.3, -0.25) is 4.79 Å². The van der Waals surface area contributed by atoms with E-state index in [-0.39, 0.29) is 5.91 Å². The molecule has 0 saturated heterocycles. The molecule has 1 unspecified atom stereocenters. The summed E-state index contributed by atoms with van der Waals surface area (Å²) in [7, 11) is 0. The van der Waals surface area contributed by atoms with Crippen molar-refractivity contribution >= 4 is 11.6 Å². The fourth-order valence-electron chi connectivity index (χ4n) is 2.15. The van der Waals surface area contributed by atoms with Gasteiger partial charge in [-0.15, -0.1) is 0 Å². The second-order valence-electron chi connectivity index (χ2n) is 5.91. The number of carbonyl (C=O) groups is 1. The van der Waals surface area contributed by atoms with Crippen molar-refractivity contribution in [3.63, 3.8) is 0 Å². The van der Waals surface area contributed by atoms with E-state index in [9.17, 15) is 4.79 Å². The van der Waals surface area contributed by atoms with Crippen LogP contribution < -0.4 is 10.6 Å². The first-order chi connectivity index (χ1) is 9.43. The zero-order valence-corrected chi connectivity index (χ0v) is 13.4. The second-order valence-corrected chi connectivity index (χ2v) is 5.91. The lowest BCUT2D eigenvalue weighted by Crippen LogP contribution is -2.23. The molecule has 0 aliphatic heterocycles. The zero-order chi connectivity index (χ0) is 15.1. The first kappa shape index (κ1) is 16.5.